The van der Waals surface area contributed by atoms with Crippen LogP contribution in [0.15, 0.2) is 58.0 Å². The number of nitrogens with one attached hydrogen (secondary N) is 1. The van der Waals surface area contributed by atoms with Gasteiger partial charge in [-0.15, -0.1) is 0 Å². The van der Waals surface area contributed by atoms with E-state index >= 15 is 0 Å². The molecule has 1 fully saturated rings. The molecule has 1 aromatic rings. The highest BCUT2D eigenvalue weighted by Crippen LogP contribution is 2.29. The third-order valence-electron chi connectivity index (χ3n) is 3.71. The highest BCUT2D eigenvalue weighted by molar-refractivity contribution is 8.18. The van der Waals surface area contributed by atoms with Gasteiger partial charge in [-0.1, -0.05) is 18.2 Å². The Morgan fingerprint density at radius 3 is 2.91 bits per heavy atom. The molecular weight excluding hydrogens is 311 g/mol. The van der Waals surface area contributed by atoms with Gasteiger partial charge >= 0.3 is 0 Å². The number of thioether (sulfide) groups is 1. The molecule has 1 aromatic carbocycles. The number of amides is 1. The van der Waals surface area contributed by atoms with E-state index in [1.807, 2.05) is 38.1 Å². The molecule has 1 amide bonds. The van der Waals surface area contributed by atoms with E-state index in [0.29, 0.717) is 22.1 Å². The molecule has 1 aliphatic heterocycles. The maximum atomic E-state index is 13.4. The minimum Gasteiger partial charge on any atom is -0.300 e. The lowest BCUT2D eigenvalue weighted by molar-refractivity contribution is -0.115. The zero-order valence-electron chi connectivity index (χ0n) is 13.0. The first-order chi connectivity index (χ1) is 11.0. The molecule has 3 nitrogen and oxygen atoms in total. The average molecular weight is 328 g/mol. The maximum absolute atomic E-state index is 13.4. The van der Waals surface area contributed by atoms with Crippen molar-refractivity contribution in [1.29, 1.82) is 0 Å². The van der Waals surface area contributed by atoms with E-state index in [2.05, 4.69) is 10.3 Å². The number of nitrogens with zero attached hydrogens (tertiary/aromatic N) is 1. The monoisotopic (exact) mass is 328 g/mol. The van der Waals surface area contributed by atoms with Crippen molar-refractivity contribution in [2.75, 3.05) is 0 Å². The number of aliphatic imine (C=N–C) groups is 1. The molecule has 3 rings (SSSR count). The van der Waals surface area contributed by atoms with E-state index in [1.165, 1.54) is 23.4 Å². The number of rotatable bonds is 2. The Morgan fingerprint density at radius 2 is 2.17 bits per heavy atom. The molecule has 1 unspecified atom stereocenters. The second kappa shape index (κ2) is 6.54. The van der Waals surface area contributed by atoms with E-state index in [9.17, 15) is 9.18 Å². The van der Waals surface area contributed by atoms with Gasteiger partial charge in [-0.05, 0) is 66.6 Å². The summed E-state index contributed by atoms with van der Waals surface area (Å²) in [6.07, 6.45) is 6.24. The summed E-state index contributed by atoms with van der Waals surface area (Å²) >= 11 is 1.27. The highest BCUT2D eigenvalue weighted by atomic mass is 32.2. The number of alkyl halides is 1. The molecule has 23 heavy (non-hydrogen) atoms. The lowest BCUT2D eigenvalue weighted by Crippen LogP contribution is -2.19. The van der Waals surface area contributed by atoms with E-state index < -0.39 is 6.17 Å². The Bertz CT molecular complexity index is 777. The fourth-order valence-electron chi connectivity index (χ4n) is 2.31. The summed E-state index contributed by atoms with van der Waals surface area (Å²) in [5.74, 6) is -0.201. The second-order valence-electron chi connectivity index (χ2n) is 5.57. The summed E-state index contributed by atoms with van der Waals surface area (Å²) in [5.41, 5.74) is 3.88. The molecule has 1 atom stereocenters. The molecule has 0 radical (unpaired) electrons. The predicted molar refractivity (Wildman–Crippen MR) is 93.6 cm³/mol. The van der Waals surface area contributed by atoms with E-state index in [4.69, 9.17) is 0 Å². The van der Waals surface area contributed by atoms with Crippen LogP contribution in [0.25, 0.3) is 0 Å². The predicted octanol–water partition coefficient (Wildman–Crippen LogP) is 4.26. The highest BCUT2D eigenvalue weighted by Gasteiger charge is 2.24. The summed E-state index contributed by atoms with van der Waals surface area (Å²) < 4.78 is 13.4. The summed E-state index contributed by atoms with van der Waals surface area (Å²) in [4.78, 5) is 17.0. The van der Waals surface area contributed by atoms with Crippen LogP contribution in [0.5, 0.6) is 0 Å². The summed E-state index contributed by atoms with van der Waals surface area (Å²) in [6.45, 7) is 4.07. The van der Waals surface area contributed by atoms with Crippen LogP contribution in [0.3, 0.4) is 0 Å². The minimum absolute atomic E-state index is 0.201. The minimum atomic E-state index is -0.981. The topological polar surface area (TPSA) is 41.5 Å². The summed E-state index contributed by atoms with van der Waals surface area (Å²) in [6, 6.07) is 5.91. The Hall–Kier alpha value is -2.14. The zero-order chi connectivity index (χ0) is 16.4. The fraction of sp³-hybridized carbons (Fsp3) is 0.222. The van der Waals surface area contributed by atoms with Crippen molar-refractivity contribution in [3.05, 3.63) is 64.1 Å². The number of halogens is 1. The van der Waals surface area contributed by atoms with Gasteiger partial charge in [-0.25, -0.2) is 9.38 Å². The van der Waals surface area contributed by atoms with Crippen molar-refractivity contribution in [3.63, 3.8) is 0 Å². The van der Waals surface area contributed by atoms with E-state index in [-0.39, 0.29) is 5.91 Å². The molecule has 0 saturated carbocycles. The molecule has 1 N–H and O–H groups in total. The number of allylic oxidation sites excluding steroid dienone is 5. The quantitative estimate of drug-likeness (QED) is 0.824. The molecule has 0 spiro atoms. The van der Waals surface area contributed by atoms with Crippen LogP contribution < -0.4 is 5.32 Å². The standard InChI is InChI=1S/C18H17FN2OS/c1-11-6-7-15(8-12(11)2)20-18-21-17(22)16(23-18)10-13-4-3-5-14(19)9-13/h3-4,6-10,14H,5H2,1-2H3,(H,20,21,22)/b16-10-. The number of carbonyl (C=O) groups is 1. The molecular formula is C18H17FN2OS. The summed E-state index contributed by atoms with van der Waals surface area (Å²) in [5, 5.41) is 3.29. The molecule has 1 aliphatic carbocycles. The van der Waals surface area contributed by atoms with Gasteiger partial charge < -0.3 is 5.32 Å². The molecule has 0 bridgehead atoms. The van der Waals surface area contributed by atoms with Crippen LogP contribution in [0.2, 0.25) is 0 Å². The molecule has 1 heterocycles. The van der Waals surface area contributed by atoms with Gasteiger partial charge in [0, 0.05) is 6.42 Å². The normalized spacial score (nSPS) is 24.2. The molecule has 2 aliphatic rings. The number of hydrogen-bond acceptors (Lipinski definition) is 3. The van der Waals surface area contributed by atoms with Crippen molar-refractivity contribution in [1.82, 2.24) is 5.32 Å². The zero-order valence-corrected chi connectivity index (χ0v) is 13.8. The number of aryl methyl sites for hydroxylation is 2. The third-order valence-corrected chi connectivity index (χ3v) is 4.62. The van der Waals surface area contributed by atoms with Gasteiger partial charge in [-0.2, -0.15) is 0 Å². The van der Waals surface area contributed by atoms with Crippen LogP contribution in [0.4, 0.5) is 10.1 Å². The van der Waals surface area contributed by atoms with Crippen LogP contribution in [0.1, 0.15) is 17.5 Å². The molecule has 1 saturated heterocycles. The Kier molecular flexibility index (Phi) is 4.48. The first-order valence-corrected chi connectivity index (χ1v) is 8.22. The van der Waals surface area contributed by atoms with Crippen LogP contribution in [0, 0.1) is 13.8 Å². The first-order valence-electron chi connectivity index (χ1n) is 7.40. The second-order valence-corrected chi connectivity index (χ2v) is 6.60. The number of amidine groups is 1. The van der Waals surface area contributed by atoms with Crippen molar-refractivity contribution in [2.24, 2.45) is 4.99 Å². The number of carbonyl (C=O) groups excluding carboxylic acids is 1. The molecule has 118 valence electrons. The average Bonchev–Trinajstić information content (AvgIpc) is 2.83. The van der Waals surface area contributed by atoms with E-state index in [0.717, 1.165) is 11.3 Å². The van der Waals surface area contributed by atoms with Gasteiger partial charge in [0.15, 0.2) is 5.17 Å². The largest absolute Gasteiger partial charge is 0.300 e. The smallest absolute Gasteiger partial charge is 0.264 e. The Labute approximate surface area is 139 Å². The van der Waals surface area contributed by atoms with Gasteiger partial charge in [0.25, 0.3) is 5.91 Å². The van der Waals surface area contributed by atoms with Gasteiger partial charge in [0.05, 0.1) is 10.6 Å². The fourth-order valence-corrected chi connectivity index (χ4v) is 3.15. The lowest BCUT2D eigenvalue weighted by atomic mass is 10.1. The summed E-state index contributed by atoms with van der Waals surface area (Å²) in [7, 11) is 0. The van der Waals surface area contributed by atoms with Crippen molar-refractivity contribution < 1.29 is 9.18 Å². The van der Waals surface area contributed by atoms with Gasteiger partial charge in [0.1, 0.15) is 6.17 Å². The van der Waals surface area contributed by atoms with Gasteiger partial charge in [0.2, 0.25) is 0 Å². The first kappa shape index (κ1) is 15.7. The third kappa shape index (κ3) is 3.79. The Balaban J connectivity index is 1.80. The Morgan fingerprint density at radius 1 is 1.35 bits per heavy atom. The molecule has 0 aromatic heterocycles. The number of hydrogen-bond donors (Lipinski definition) is 1. The van der Waals surface area contributed by atoms with Gasteiger partial charge in [-0.3, -0.25) is 4.79 Å². The maximum Gasteiger partial charge on any atom is 0.264 e. The number of benzene rings is 1. The van der Waals surface area contributed by atoms with Crippen LogP contribution in [-0.2, 0) is 4.79 Å². The lowest BCUT2D eigenvalue weighted by Gasteiger charge is -2.06. The van der Waals surface area contributed by atoms with Crippen molar-refractivity contribution in [2.45, 2.75) is 26.4 Å². The van der Waals surface area contributed by atoms with E-state index in [1.54, 1.807) is 12.2 Å². The van der Waals surface area contributed by atoms with Crippen LogP contribution >= 0.6 is 11.8 Å². The van der Waals surface area contributed by atoms with Crippen LogP contribution in [-0.4, -0.2) is 17.2 Å². The van der Waals surface area contributed by atoms with Crippen molar-refractivity contribution >= 4 is 28.5 Å². The molecule has 5 heteroatoms. The van der Waals surface area contributed by atoms with Crippen molar-refractivity contribution in [3.8, 4) is 0 Å². The SMILES string of the molecule is Cc1ccc(N=C2NC(=O)/C(=C/C3=CC(F)CC=C3)S2)cc1C.